The Bertz CT molecular complexity index is 730. The molecule has 0 amide bonds. The molecule has 6 aliphatic rings. The summed E-state index contributed by atoms with van der Waals surface area (Å²) < 4.78 is 37.3. The van der Waals surface area contributed by atoms with Gasteiger partial charge in [-0.3, -0.25) is 4.21 Å². The topological polar surface area (TPSA) is 79.9 Å². The Hall–Kier alpha value is 0.170. The zero-order valence-corrected chi connectivity index (χ0v) is 32.4. The first kappa shape index (κ1) is 43.2. The fourth-order valence-electron chi connectivity index (χ4n) is 4.95. The van der Waals surface area contributed by atoms with Gasteiger partial charge in [0.05, 0.1) is 24.7 Å². The van der Waals surface area contributed by atoms with Gasteiger partial charge in [0.15, 0.2) is 9.84 Å². The third kappa shape index (κ3) is 26.8. The van der Waals surface area contributed by atoms with Gasteiger partial charge in [0.2, 0.25) is 0 Å². The molecule has 0 bridgehead atoms. The van der Waals surface area contributed by atoms with Crippen molar-refractivity contribution in [2.24, 2.45) is 0 Å². The summed E-state index contributed by atoms with van der Waals surface area (Å²) in [7, 11) is 9.53. The van der Waals surface area contributed by atoms with E-state index in [0.29, 0.717) is 24.6 Å². The minimum absolute atomic E-state index is 0.337. The van der Waals surface area contributed by atoms with Crippen LogP contribution in [0.1, 0.15) is 38.5 Å². The summed E-state index contributed by atoms with van der Waals surface area (Å²) >= 11 is 2.06. The summed E-state index contributed by atoms with van der Waals surface area (Å²) in [5, 5.41) is 0. The lowest BCUT2D eigenvalue weighted by atomic mass is 10.1. The molecule has 6 rings (SSSR count). The number of sulfone groups is 1. The average molecular weight is 699 g/mol. The zero-order chi connectivity index (χ0) is 33.3. The molecule has 45 heavy (non-hydrogen) atoms. The maximum Gasteiger partial charge on any atom is 0.152 e. The van der Waals surface area contributed by atoms with Crippen molar-refractivity contribution in [1.29, 1.82) is 0 Å². The van der Waals surface area contributed by atoms with Crippen molar-refractivity contribution in [1.82, 2.24) is 29.4 Å². The van der Waals surface area contributed by atoms with Crippen molar-refractivity contribution in [3.63, 3.8) is 0 Å². The first-order valence-electron chi connectivity index (χ1n) is 17.3. The molecule has 10 nitrogen and oxygen atoms in total. The third-order valence-electron chi connectivity index (χ3n) is 8.60. The number of hydrogen-bond donors (Lipinski definition) is 0. The second kappa shape index (κ2) is 27.0. The summed E-state index contributed by atoms with van der Waals surface area (Å²) in [6, 6.07) is 0. The molecule has 0 radical (unpaired) electrons. The SMILES string of the molecule is CN1CCCCC1.CN1CCCCC1.CN1CCOCC1.CN1CCS(=O)(=O)CC1.CN1CCS(=O)CC1.CN1CCSCC1. The molecule has 0 atom stereocenters. The number of nitrogens with zero attached hydrogens (tertiary/aromatic N) is 6. The number of ether oxygens (including phenoxy) is 1. The predicted octanol–water partition coefficient (Wildman–Crippen LogP) is 1.84. The van der Waals surface area contributed by atoms with Crippen molar-refractivity contribution < 1.29 is 17.4 Å². The Balaban J connectivity index is 0.000000271. The van der Waals surface area contributed by atoms with Crippen LogP contribution in [0.5, 0.6) is 0 Å². The molecule has 6 aliphatic heterocycles. The van der Waals surface area contributed by atoms with Crippen molar-refractivity contribution in [2.75, 3.05) is 169 Å². The van der Waals surface area contributed by atoms with E-state index in [4.69, 9.17) is 4.74 Å². The third-order valence-corrected chi connectivity index (χ3v) is 12.4. The molecule has 0 aromatic heterocycles. The number of morpholine rings is 1. The van der Waals surface area contributed by atoms with E-state index < -0.39 is 20.6 Å². The van der Waals surface area contributed by atoms with Gasteiger partial charge >= 0.3 is 0 Å². The number of rotatable bonds is 0. The van der Waals surface area contributed by atoms with Gasteiger partial charge in [-0.1, -0.05) is 12.8 Å². The first-order valence-corrected chi connectivity index (χ1v) is 21.8. The molecule has 6 saturated heterocycles. The smallest absolute Gasteiger partial charge is 0.152 e. The lowest BCUT2D eigenvalue weighted by Crippen LogP contribution is -2.37. The minimum Gasteiger partial charge on any atom is -0.379 e. The predicted molar refractivity (Wildman–Crippen MR) is 197 cm³/mol. The standard InChI is InChI=1S/2C6H13N.C5H11NO2S.C5H11NOS.C5H11NO.C5H11NS/c2*1-7-5-3-2-4-6-7;1-6-2-4-9(7,8)5-3-6;1-6-2-4-8(7)5-3-6;2*1-6-2-4-7-5-3-6/h2*2-6H2,1H3;2-5H2,1H3;2-5H2,1H3;2*2-5H2,1H3. The van der Waals surface area contributed by atoms with E-state index in [0.717, 1.165) is 50.9 Å². The Kier molecular flexibility index (Phi) is 26.0. The van der Waals surface area contributed by atoms with Gasteiger partial charge in [-0.25, -0.2) is 8.42 Å². The van der Waals surface area contributed by atoms with Crippen molar-refractivity contribution in [2.45, 2.75) is 38.5 Å². The van der Waals surface area contributed by atoms with Crippen molar-refractivity contribution in [3.05, 3.63) is 0 Å². The van der Waals surface area contributed by atoms with Gasteiger partial charge in [0.1, 0.15) is 0 Å². The van der Waals surface area contributed by atoms with E-state index in [9.17, 15) is 12.6 Å². The highest BCUT2D eigenvalue weighted by atomic mass is 32.2. The van der Waals surface area contributed by atoms with Crippen LogP contribution < -0.4 is 0 Å². The van der Waals surface area contributed by atoms with Crippen LogP contribution in [0.15, 0.2) is 0 Å². The van der Waals surface area contributed by atoms with Crippen LogP contribution in [-0.4, -0.2) is 211 Å². The molecule has 0 N–H and O–H groups in total. The Labute approximate surface area is 285 Å². The molecule has 0 spiro atoms. The summed E-state index contributed by atoms with van der Waals surface area (Å²) in [6.07, 6.45) is 8.55. The van der Waals surface area contributed by atoms with E-state index in [2.05, 4.69) is 71.5 Å². The van der Waals surface area contributed by atoms with Gasteiger partial charge < -0.3 is 34.1 Å². The zero-order valence-electron chi connectivity index (χ0n) is 29.9. The average Bonchev–Trinajstić information content (AvgIpc) is 3.03. The van der Waals surface area contributed by atoms with E-state index in [1.54, 1.807) is 0 Å². The first-order chi connectivity index (χ1) is 21.5. The van der Waals surface area contributed by atoms with Crippen LogP contribution in [-0.2, 0) is 25.4 Å². The van der Waals surface area contributed by atoms with Gasteiger partial charge in [0, 0.05) is 86.2 Å². The molecular formula is C32H70N6O4S3. The molecule has 6 fully saturated rings. The number of likely N-dealkylation sites (N-methyl/N-ethyl adjacent to an activating group) is 1. The van der Waals surface area contributed by atoms with Crippen LogP contribution in [0, 0.1) is 0 Å². The summed E-state index contributed by atoms with van der Waals surface area (Å²) in [4.78, 5) is 13.7. The van der Waals surface area contributed by atoms with Crippen LogP contribution in [0.2, 0.25) is 0 Å². The number of likely N-dealkylation sites (tertiary alicyclic amines) is 2. The van der Waals surface area contributed by atoms with Crippen molar-refractivity contribution in [3.8, 4) is 0 Å². The molecule has 13 heteroatoms. The van der Waals surface area contributed by atoms with E-state index in [-0.39, 0.29) is 0 Å². The molecule has 0 aliphatic carbocycles. The summed E-state index contributed by atoms with van der Waals surface area (Å²) in [5.41, 5.74) is 0. The van der Waals surface area contributed by atoms with E-state index in [1.165, 1.54) is 89.3 Å². The van der Waals surface area contributed by atoms with Crippen LogP contribution in [0.25, 0.3) is 0 Å². The van der Waals surface area contributed by atoms with Gasteiger partial charge in [-0.2, -0.15) is 11.8 Å². The fraction of sp³-hybridized carbons (Fsp3) is 1.00. The van der Waals surface area contributed by atoms with E-state index >= 15 is 0 Å². The molecule has 0 aromatic rings. The lowest BCUT2D eigenvalue weighted by molar-refractivity contribution is 0.0503. The number of hydrogen-bond acceptors (Lipinski definition) is 11. The molecule has 0 saturated carbocycles. The molecule has 270 valence electrons. The second-order valence-corrected chi connectivity index (χ2v) is 18.4. The second-order valence-electron chi connectivity index (χ2n) is 13.2. The van der Waals surface area contributed by atoms with Crippen molar-refractivity contribution >= 4 is 32.4 Å². The number of piperidine rings is 2. The lowest BCUT2D eigenvalue weighted by Gasteiger charge is -2.21. The van der Waals surface area contributed by atoms with Gasteiger partial charge in [-0.15, -0.1) is 0 Å². The molecule has 0 unspecified atom stereocenters. The Morgan fingerprint density at radius 2 is 0.844 bits per heavy atom. The Morgan fingerprint density at radius 3 is 1.11 bits per heavy atom. The summed E-state index contributed by atoms with van der Waals surface area (Å²) in [5.74, 6) is 5.08. The molecule has 6 heterocycles. The van der Waals surface area contributed by atoms with Gasteiger partial charge in [-0.05, 0) is 94.1 Å². The monoisotopic (exact) mass is 698 g/mol. The normalized spacial score (nSPS) is 26.0. The van der Waals surface area contributed by atoms with Crippen LogP contribution in [0.3, 0.4) is 0 Å². The maximum atomic E-state index is 10.8. The largest absolute Gasteiger partial charge is 0.379 e. The highest BCUT2D eigenvalue weighted by Gasteiger charge is 2.18. The number of thioether (sulfide) groups is 1. The summed E-state index contributed by atoms with van der Waals surface area (Å²) in [6.45, 7) is 15.3. The maximum absolute atomic E-state index is 10.8. The molecule has 0 aromatic carbocycles. The molecular weight excluding hydrogens is 629 g/mol. The quantitative estimate of drug-likeness (QED) is 0.372. The fourth-order valence-corrected chi connectivity index (χ4v) is 8.65. The minimum atomic E-state index is -2.66. The highest BCUT2D eigenvalue weighted by molar-refractivity contribution is 7.99. The van der Waals surface area contributed by atoms with Gasteiger partial charge in [0.25, 0.3) is 0 Å². The highest BCUT2D eigenvalue weighted by Crippen LogP contribution is 2.06. The van der Waals surface area contributed by atoms with E-state index in [1.807, 2.05) is 11.9 Å². The van der Waals surface area contributed by atoms with Crippen LogP contribution >= 0.6 is 11.8 Å². The van der Waals surface area contributed by atoms with Crippen LogP contribution in [0.4, 0.5) is 0 Å². The Morgan fingerprint density at radius 1 is 0.489 bits per heavy atom.